The first kappa shape index (κ1) is 13.6. The Morgan fingerprint density at radius 1 is 1.44 bits per heavy atom. The van der Waals surface area contributed by atoms with Crippen LogP contribution in [0.15, 0.2) is 18.2 Å². The van der Waals surface area contributed by atoms with Crippen molar-refractivity contribution in [3.63, 3.8) is 0 Å². The van der Waals surface area contributed by atoms with Crippen LogP contribution < -0.4 is 10.1 Å². The van der Waals surface area contributed by atoms with Gasteiger partial charge in [-0.3, -0.25) is 0 Å². The first-order chi connectivity index (χ1) is 8.76. The number of hydrogen-bond donors (Lipinski definition) is 1. The highest BCUT2D eigenvalue weighted by Crippen LogP contribution is 2.30. The zero-order valence-electron chi connectivity index (χ0n) is 10.6. The molecule has 0 bridgehead atoms. The van der Waals surface area contributed by atoms with Gasteiger partial charge in [0.2, 0.25) is 0 Å². The third-order valence-electron chi connectivity index (χ3n) is 3.06. The van der Waals surface area contributed by atoms with Crippen LogP contribution >= 0.6 is 11.6 Å². The van der Waals surface area contributed by atoms with Crippen LogP contribution in [0.5, 0.6) is 5.75 Å². The number of halogens is 1. The van der Waals surface area contributed by atoms with Crippen molar-refractivity contribution in [1.29, 1.82) is 0 Å². The normalized spacial score (nSPS) is 21.6. The van der Waals surface area contributed by atoms with Crippen molar-refractivity contribution in [2.45, 2.75) is 12.1 Å². The average molecular weight is 272 g/mol. The molecule has 2 atom stereocenters. The summed E-state index contributed by atoms with van der Waals surface area (Å²) in [5.41, 5.74) is 1.08. The van der Waals surface area contributed by atoms with Crippen LogP contribution in [0.2, 0.25) is 5.02 Å². The molecule has 5 heteroatoms. The number of hydrogen-bond acceptors (Lipinski definition) is 4. The Morgan fingerprint density at radius 3 is 2.89 bits per heavy atom. The van der Waals surface area contributed by atoms with Crippen molar-refractivity contribution in [3.8, 4) is 5.75 Å². The van der Waals surface area contributed by atoms with E-state index in [0.29, 0.717) is 30.6 Å². The predicted octanol–water partition coefficient (Wildman–Crippen LogP) is 2.02. The molecule has 0 amide bonds. The summed E-state index contributed by atoms with van der Waals surface area (Å²) in [5.74, 6) is 0.672. The monoisotopic (exact) mass is 271 g/mol. The van der Waals surface area contributed by atoms with E-state index in [1.165, 1.54) is 0 Å². The molecule has 1 fully saturated rings. The first-order valence-electron chi connectivity index (χ1n) is 5.96. The molecule has 1 heterocycles. The molecule has 1 aromatic carbocycles. The Kier molecular flexibility index (Phi) is 4.83. The van der Waals surface area contributed by atoms with Gasteiger partial charge in [0.15, 0.2) is 0 Å². The Labute approximate surface area is 112 Å². The van der Waals surface area contributed by atoms with Gasteiger partial charge in [0.05, 0.1) is 38.0 Å². The smallest absolute Gasteiger partial charge is 0.137 e. The molecule has 18 heavy (non-hydrogen) atoms. The van der Waals surface area contributed by atoms with Gasteiger partial charge in [-0.15, -0.1) is 0 Å². The predicted molar refractivity (Wildman–Crippen MR) is 70.4 cm³/mol. The van der Waals surface area contributed by atoms with Gasteiger partial charge in [-0.2, -0.15) is 0 Å². The molecule has 0 aliphatic carbocycles. The third kappa shape index (κ3) is 2.95. The second-order valence-corrected chi connectivity index (χ2v) is 4.55. The van der Waals surface area contributed by atoms with E-state index in [2.05, 4.69) is 5.32 Å². The van der Waals surface area contributed by atoms with Crippen LogP contribution in [0.4, 0.5) is 0 Å². The number of rotatable bonds is 4. The van der Waals surface area contributed by atoms with Gasteiger partial charge >= 0.3 is 0 Å². The molecule has 1 aromatic rings. The number of ether oxygens (including phenoxy) is 3. The summed E-state index contributed by atoms with van der Waals surface area (Å²) in [6.45, 7) is 1.89. The minimum Gasteiger partial charge on any atom is -0.495 e. The fourth-order valence-electron chi connectivity index (χ4n) is 2.14. The van der Waals surface area contributed by atoms with E-state index < -0.39 is 0 Å². The molecule has 0 aromatic heterocycles. The third-order valence-corrected chi connectivity index (χ3v) is 3.37. The molecule has 4 nitrogen and oxygen atoms in total. The van der Waals surface area contributed by atoms with E-state index in [9.17, 15) is 0 Å². The highest BCUT2D eigenvalue weighted by molar-refractivity contribution is 6.32. The molecule has 1 N–H and O–H groups in total. The first-order valence-corrected chi connectivity index (χ1v) is 6.34. The lowest BCUT2D eigenvalue weighted by atomic mass is 10.0. The second kappa shape index (κ2) is 6.38. The lowest BCUT2D eigenvalue weighted by Crippen LogP contribution is -2.39. The summed E-state index contributed by atoms with van der Waals surface area (Å²) >= 11 is 6.03. The maximum atomic E-state index is 6.03. The van der Waals surface area contributed by atoms with Gasteiger partial charge in [-0.25, -0.2) is 0 Å². The van der Waals surface area contributed by atoms with Crippen LogP contribution in [-0.4, -0.2) is 40.1 Å². The van der Waals surface area contributed by atoms with E-state index >= 15 is 0 Å². The minimum atomic E-state index is 0.00892. The van der Waals surface area contributed by atoms with E-state index in [-0.39, 0.29) is 12.1 Å². The lowest BCUT2D eigenvalue weighted by molar-refractivity contribution is -0.101. The summed E-state index contributed by atoms with van der Waals surface area (Å²) in [6.07, 6.45) is 0.00892. The molecule has 1 aliphatic rings. The van der Waals surface area contributed by atoms with Crippen LogP contribution in [0, 0.1) is 0 Å². The molecule has 0 saturated carbocycles. The van der Waals surface area contributed by atoms with Crippen LogP contribution in [0.1, 0.15) is 11.6 Å². The van der Waals surface area contributed by atoms with Gasteiger partial charge in [-0.1, -0.05) is 17.7 Å². The van der Waals surface area contributed by atoms with Crippen molar-refractivity contribution >= 4 is 11.6 Å². The van der Waals surface area contributed by atoms with Crippen LogP contribution in [0.25, 0.3) is 0 Å². The van der Waals surface area contributed by atoms with Gasteiger partial charge in [0, 0.05) is 0 Å². The minimum absolute atomic E-state index is 0.00892. The molecule has 100 valence electrons. The average Bonchev–Trinajstić information content (AvgIpc) is 2.42. The van der Waals surface area contributed by atoms with Crippen molar-refractivity contribution in [2.75, 3.05) is 34.0 Å². The highest BCUT2D eigenvalue weighted by Gasteiger charge is 2.25. The molecule has 2 rings (SSSR count). The quantitative estimate of drug-likeness (QED) is 0.910. The molecule has 2 unspecified atom stereocenters. The van der Waals surface area contributed by atoms with Gasteiger partial charge in [-0.05, 0) is 24.7 Å². The zero-order valence-corrected chi connectivity index (χ0v) is 11.4. The fraction of sp³-hybridized carbons (Fsp3) is 0.538. The molecule has 1 saturated heterocycles. The Morgan fingerprint density at radius 2 is 2.28 bits per heavy atom. The van der Waals surface area contributed by atoms with Crippen molar-refractivity contribution < 1.29 is 14.2 Å². The largest absolute Gasteiger partial charge is 0.495 e. The topological polar surface area (TPSA) is 39.7 Å². The molecular weight excluding hydrogens is 254 g/mol. The fourth-order valence-corrected chi connectivity index (χ4v) is 2.33. The van der Waals surface area contributed by atoms with Crippen molar-refractivity contribution in [2.24, 2.45) is 0 Å². The molecular formula is C13H18ClNO3. The zero-order chi connectivity index (χ0) is 13.0. The van der Waals surface area contributed by atoms with Gasteiger partial charge in [0.1, 0.15) is 11.9 Å². The van der Waals surface area contributed by atoms with Crippen molar-refractivity contribution in [1.82, 2.24) is 5.32 Å². The summed E-state index contributed by atoms with van der Waals surface area (Å²) in [5, 5.41) is 3.86. The van der Waals surface area contributed by atoms with Crippen LogP contribution in [0.3, 0.4) is 0 Å². The van der Waals surface area contributed by atoms with Crippen molar-refractivity contribution in [3.05, 3.63) is 28.8 Å². The Hall–Kier alpha value is -0.810. The highest BCUT2D eigenvalue weighted by atomic mass is 35.5. The molecule has 0 spiro atoms. The van der Waals surface area contributed by atoms with E-state index in [1.54, 1.807) is 7.11 Å². The Balaban J connectivity index is 2.20. The number of likely N-dealkylation sites (N-methyl/N-ethyl adjacent to an activating group) is 1. The second-order valence-electron chi connectivity index (χ2n) is 4.14. The summed E-state index contributed by atoms with van der Waals surface area (Å²) in [4.78, 5) is 0. The lowest BCUT2D eigenvalue weighted by Gasteiger charge is -2.30. The Bertz CT molecular complexity index is 394. The summed E-state index contributed by atoms with van der Waals surface area (Å²) < 4.78 is 16.4. The maximum Gasteiger partial charge on any atom is 0.137 e. The number of nitrogens with one attached hydrogen (secondary N) is 1. The standard InChI is InChI=1S/C13H18ClNO3/c1-15-13(12-8-17-5-6-18-12)9-3-4-10(14)11(7-9)16-2/h3-4,7,12-13,15H,5-6,8H2,1-2H3. The number of benzene rings is 1. The van der Waals surface area contributed by atoms with E-state index in [4.69, 9.17) is 25.8 Å². The van der Waals surface area contributed by atoms with Crippen LogP contribution in [-0.2, 0) is 9.47 Å². The molecule has 1 aliphatic heterocycles. The van der Waals surface area contributed by atoms with Gasteiger partial charge in [0.25, 0.3) is 0 Å². The van der Waals surface area contributed by atoms with Gasteiger partial charge < -0.3 is 19.5 Å². The number of methoxy groups -OCH3 is 1. The molecule has 0 radical (unpaired) electrons. The van der Waals surface area contributed by atoms with E-state index in [1.807, 2.05) is 25.2 Å². The van der Waals surface area contributed by atoms with E-state index in [0.717, 1.165) is 5.56 Å². The maximum absolute atomic E-state index is 6.03. The SMILES string of the molecule is CNC(c1ccc(Cl)c(OC)c1)C1COCCO1. The summed E-state index contributed by atoms with van der Waals surface area (Å²) in [7, 11) is 3.52. The summed E-state index contributed by atoms with van der Waals surface area (Å²) in [6, 6.07) is 5.81.